The van der Waals surface area contributed by atoms with Crippen LogP contribution in [-0.2, 0) is 13.6 Å². The number of aliphatic imine (C=N–C) groups is 1. The van der Waals surface area contributed by atoms with Crippen LogP contribution in [0.5, 0.6) is 0 Å². The largest absolute Gasteiger partial charge is 0.357 e. The van der Waals surface area contributed by atoms with Crippen LogP contribution in [0.4, 0.5) is 0 Å². The summed E-state index contributed by atoms with van der Waals surface area (Å²) < 4.78 is 1.73. The average molecular weight is 395 g/mol. The van der Waals surface area contributed by atoms with Gasteiger partial charge in [0.1, 0.15) is 18.7 Å². The highest BCUT2D eigenvalue weighted by molar-refractivity contribution is 14.0. The van der Waals surface area contributed by atoms with Gasteiger partial charge >= 0.3 is 0 Å². The normalized spacial score (nSPS) is 11.3. The van der Waals surface area contributed by atoms with Gasteiger partial charge in [0.25, 0.3) is 0 Å². The summed E-state index contributed by atoms with van der Waals surface area (Å²) in [6, 6.07) is 0. The zero-order chi connectivity index (χ0) is 14.1. The molecule has 0 aliphatic carbocycles. The lowest BCUT2D eigenvalue weighted by molar-refractivity contribution is 0.357. The van der Waals surface area contributed by atoms with E-state index in [-0.39, 0.29) is 24.0 Å². The maximum atomic E-state index is 4.49. The summed E-state index contributed by atoms with van der Waals surface area (Å²) in [7, 11) is 3.97. The van der Waals surface area contributed by atoms with Gasteiger partial charge in [-0.1, -0.05) is 6.92 Å². The van der Waals surface area contributed by atoms with Crippen LogP contribution in [0.2, 0.25) is 0 Å². The number of rotatable bonds is 7. The van der Waals surface area contributed by atoms with Crippen LogP contribution in [0.3, 0.4) is 0 Å². The van der Waals surface area contributed by atoms with E-state index in [9.17, 15) is 0 Å². The molecule has 2 N–H and O–H groups in total. The molecular weight excluding hydrogens is 369 g/mol. The second kappa shape index (κ2) is 10.8. The molecule has 0 radical (unpaired) electrons. The highest BCUT2D eigenvalue weighted by Crippen LogP contribution is 1.93. The molecule has 1 aromatic heterocycles. The van der Waals surface area contributed by atoms with Crippen molar-refractivity contribution in [3.05, 3.63) is 12.2 Å². The first-order valence-electron chi connectivity index (χ1n) is 6.71. The van der Waals surface area contributed by atoms with Crippen LogP contribution in [0.15, 0.2) is 11.3 Å². The molecule has 0 atom stereocenters. The maximum absolute atomic E-state index is 4.49. The van der Waals surface area contributed by atoms with E-state index in [4.69, 9.17) is 0 Å². The summed E-state index contributed by atoms with van der Waals surface area (Å²) in [6.45, 7) is 8.48. The Kier molecular flexibility index (Phi) is 10.3. The van der Waals surface area contributed by atoms with Crippen molar-refractivity contribution in [2.45, 2.75) is 20.4 Å². The highest BCUT2D eigenvalue weighted by atomic mass is 127. The fourth-order valence-electron chi connectivity index (χ4n) is 1.48. The molecule has 116 valence electrons. The van der Waals surface area contributed by atoms with Gasteiger partial charge in [-0.15, -0.1) is 24.0 Å². The Balaban J connectivity index is 0.00000361. The van der Waals surface area contributed by atoms with Crippen molar-refractivity contribution in [1.29, 1.82) is 0 Å². The number of nitrogens with zero attached hydrogens (tertiary/aromatic N) is 5. The van der Waals surface area contributed by atoms with E-state index >= 15 is 0 Å². The summed E-state index contributed by atoms with van der Waals surface area (Å²) >= 11 is 0. The average Bonchev–Trinajstić information content (AvgIpc) is 2.81. The Bertz CT molecular complexity index is 391. The molecule has 1 rings (SSSR count). The fourth-order valence-corrected chi connectivity index (χ4v) is 1.48. The highest BCUT2D eigenvalue weighted by Gasteiger charge is 2.01. The topological polar surface area (TPSA) is 70.4 Å². The van der Waals surface area contributed by atoms with Gasteiger partial charge in [0, 0.05) is 26.7 Å². The zero-order valence-electron chi connectivity index (χ0n) is 12.8. The fraction of sp³-hybridized carbons (Fsp3) is 0.750. The minimum atomic E-state index is 0. The molecule has 0 spiro atoms. The van der Waals surface area contributed by atoms with Gasteiger partial charge in [-0.3, -0.25) is 4.68 Å². The number of hydrogen-bond acceptors (Lipinski definition) is 4. The number of halogens is 1. The number of guanidine groups is 1. The SMILES string of the molecule is CCNC(=NCc1ncnn1C)NCCN(C)CC.I. The first-order chi connectivity index (χ1) is 9.17. The van der Waals surface area contributed by atoms with E-state index < -0.39 is 0 Å². The number of likely N-dealkylation sites (N-methyl/N-ethyl adjacent to an activating group) is 1. The molecule has 0 amide bonds. The Morgan fingerprint density at radius 2 is 2.15 bits per heavy atom. The zero-order valence-corrected chi connectivity index (χ0v) is 15.1. The predicted octanol–water partition coefficient (Wildman–Crippen LogP) is 0.440. The number of aromatic nitrogens is 3. The van der Waals surface area contributed by atoms with Crippen LogP contribution in [-0.4, -0.2) is 58.9 Å². The molecule has 7 nitrogen and oxygen atoms in total. The Labute approximate surface area is 138 Å². The first kappa shape index (κ1) is 19.1. The summed E-state index contributed by atoms with van der Waals surface area (Å²) in [5.41, 5.74) is 0. The molecule has 20 heavy (non-hydrogen) atoms. The van der Waals surface area contributed by atoms with Crippen molar-refractivity contribution in [1.82, 2.24) is 30.3 Å². The molecule has 8 heteroatoms. The van der Waals surface area contributed by atoms with E-state index in [1.165, 1.54) is 0 Å². The van der Waals surface area contributed by atoms with E-state index in [1.807, 2.05) is 7.05 Å². The smallest absolute Gasteiger partial charge is 0.191 e. The summed E-state index contributed by atoms with van der Waals surface area (Å²) in [5.74, 6) is 1.66. The van der Waals surface area contributed by atoms with Gasteiger partial charge < -0.3 is 15.5 Å². The molecule has 0 bridgehead atoms. The second-order valence-electron chi connectivity index (χ2n) is 4.32. The lowest BCUT2D eigenvalue weighted by atomic mass is 10.5. The van der Waals surface area contributed by atoms with E-state index in [2.05, 4.69) is 51.5 Å². The molecule has 0 aliphatic heterocycles. The molecule has 0 unspecified atom stereocenters. The Morgan fingerprint density at radius 1 is 1.40 bits per heavy atom. The van der Waals surface area contributed by atoms with Crippen LogP contribution in [0, 0.1) is 0 Å². The van der Waals surface area contributed by atoms with Crippen molar-refractivity contribution in [3.8, 4) is 0 Å². The quantitative estimate of drug-likeness (QED) is 0.399. The van der Waals surface area contributed by atoms with Gasteiger partial charge in [-0.2, -0.15) is 5.10 Å². The van der Waals surface area contributed by atoms with Crippen molar-refractivity contribution in [3.63, 3.8) is 0 Å². The molecule has 0 aromatic carbocycles. The number of hydrogen-bond donors (Lipinski definition) is 2. The van der Waals surface area contributed by atoms with Crippen molar-refractivity contribution in [2.75, 3.05) is 33.2 Å². The molecular formula is C12H26IN7. The Hall–Kier alpha value is -0.900. The van der Waals surface area contributed by atoms with Crippen LogP contribution in [0.25, 0.3) is 0 Å². The summed E-state index contributed by atoms with van der Waals surface area (Å²) in [6.07, 6.45) is 1.54. The third kappa shape index (κ3) is 7.04. The number of aryl methyl sites for hydroxylation is 1. The lowest BCUT2D eigenvalue weighted by Crippen LogP contribution is -2.41. The van der Waals surface area contributed by atoms with Gasteiger partial charge in [-0.25, -0.2) is 9.98 Å². The molecule has 1 heterocycles. The van der Waals surface area contributed by atoms with Gasteiger partial charge in [0.15, 0.2) is 5.96 Å². The third-order valence-electron chi connectivity index (χ3n) is 2.85. The molecule has 0 saturated heterocycles. The number of nitrogens with one attached hydrogen (secondary N) is 2. The van der Waals surface area contributed by atoms with Crippen molar-refractivity contribution in [2.24, 2.45) is 12.0 Å². The van der Waals surface area contributed by atoms with E-state index in [1.54, 1.807) is 11.0 Å². The molecule has 0 fully saturated rings. The minimum Gasteiger partial charge on any atom is -0.357 e. The predicted molar refractivity (Wildman–Crippen MR) is 92.4 cm³/mol. The van der Waals surface area contributed by atoms with Crippen LogP contribution in [0.1, 0.15) is 19.7 Å². The van der Waals surface area contributed by atoms with E-state index in [0.717, 1.165) is 38.0 Å². The minimum absolute atomic E-state index is 0. The monoisotopic (exact) mass is 395 g/mol. The summed E-state index contributed by atoms with van der Waals surface area (Å²) in [4.78, 5) is 10.9. The summed E-state index contributed by atoms with van der Waals surface area (Å²) in [5, 5.41) is 10.6. The van der Waals surface area contributed by atoms with Gasteiger partial charge in [-0.05, 0) is 20.5 Å². The maximum Gasteiger partial charge on any atom is 0.191 e. The van der Waals surface area contributed by atoms with E-state index in [0.29, 0.717) is 6.54 Å². The standard InChI is InChI=1S/C12H25N7.HI/c1-5-13-12(14-7-8-18(3)6-2)15-9-11-16-10-17-19(11)4;/h10H,5-9H2,1-4H3,(H2,13,14,15);1H. The molecule has 1 aromatic rings. The van der Waals surface area contributed by atoms with Crippen molar-refractivity contribution >= 4 is 29.9 Å². The second-order valence-corrected chi connectivity index (χ2v) is 4.32. The van der Waals surface area contributed by atoms with Crippen LogP contribution < -0.4 is 10.6 Å². The van der Waals surface area contributed by atoms with Crippen LogP contribution >= 0.6 is 24.0 Å². The Morgan fingerprint density at radius 3 is 2.70 bits per heavy atom. The first-order valence-corrected chi connectivity index (χ1v) is 6.71. The molecule has 0 aliphatic rings. The van der Waals surface area contributed by atoms with Crippen molar-refractivity contribution < 1.29 is 0 Å². The van der Waals surface area contributed by atoms with Gasteiger partial charge in [0.2, 0.25) is 0 Å². The lowest BCUT2D eigenvalue weighted by Gasteiger charge is -2.16. The third-order valence-corrected chi connectivity index (χ3v) is 2.85. The van der Waals surface area contributed by atoms with Gasteiger partial charge in [0.05, 0.1) is 0 Å². The molecule has 0 saturated carbocycles.